The number of aromatic nitrogens is 3. The second kappa shape index (κ2) is 25.8. The molecule has 0 spiro atoms. The number of Topliss-reactive ketones (excluding diaryl/α,β-unsaturated/α-hetero) is 2. The number of benzene rings is 5. The van der Waals surface area contributed by atoms with E-state index in [0.717, 1.165) is 16.0 Å². The zero-order valence-electron chi connectivity index (χ0n) is 38.5. The maximum atomic E-state index is 12.8. The van der Waals surface area contributed by atoms with E-state index in [2.05, 4.69) is 25.3 Å². The molecule has 15 nitrogen and oxygen atoms in total. The highest BCUT2D eigenvalue weighted by molar-refractivity contribution is 6.34. The maximum absolute atomic E-state index is 12.8. The van der Waals surface area contributed by atoms with Gasteiger partial charge in [0, 0.05) is 21.2 Å². The van der Waals surface area contributed by atoms with Crippen molar-refractivity contribution in [2.24, 2.45) is 17.6 Å². The predicted molar refractivity (Wildman–Crippen MR) is 268 cm³/mol. The fraction of sp³-hybridized carbons (Fsp3) is 0.280. The van der Waals surface area contributed by atoms with Crippen LogP contribution in [0, 0.1) is 38.8 Å². The normalized spacial score (nSPS) is 11.7. The number of hydrogen-bond donors (Lipinski definition) is 6. The summed E-state index contributed by atoms with van der Waals surface area (Å²) in [5, 5.41) is 50.1. The number of carboxylic acids is 1. The van der Waals surface area contributed by atoms with Gasteiger partial charge < -0.3 is 31.6 Å². The number of nitrogens with two attached hydrogens (primary N) is 1. The summed E-state index contributed by atoms with van der Waals surface area (Å²) in [4.78, 5) is 54.7. The molecule has 1 heterocycles. The molecule has 0 radical (unpaired) electrons. The summed E-state index contributed by atoms with van der Waals surface area (Å²) in [5.74, 6) is -3.57. The van der Waals surface area contributed by atoms with E-state index in [9.17, 15) is 34.5 Å². The first-order valence-electron chi connectivity index (χ1n) is 20.9. The lowest BCUT2D eigenvalue weighted by Crippen LogP contribution is -2.45. The Bertz CT molecular complexity index is 2850. The molecule has 1 amide bonds. The minimum Gasteiger partial charge on any atom is -0.481 e. The molecule has 7 N–H and O–H groups in total. The minimum atomic E-state index is -1.33. The molecule has 0 bridgehead atoms. The standard InChI is InChI=1S/C22H22Cl2N2O3.C14H16ClNO3.C8H8ClNO.C6H5N3O/c1-13-15(7-10-18(25-4)20(13)24)11-17(22(2,3)29)21(28)26-12-19(27)14-5-8-16(23)9-6-14;1-8-9(5-6-11(16-4)12(8)15)7-10(13(17)18)14(2,3)19;9-7-3-1-6(2-4-7)8(11)5-10;10-9-6-4-2-1-3-5(6)7-8-9/h5-10,17,29H,11-12H2,1-3H3,(H,26,28);5-6,10,19H,7H2,1-3H3,(H,17,18);1-4H,5,10H2;1-4,10H/t17-;10-;;/m00../s1. The van der Waals surface area contributed by atoms with E-state index < -0.39 is 34.9 Å². The van der Waals surface area contributed by atoms with Crippen LogP contribution in [0.1, 0.15) is 70.7 Å². The predicted octanol–water partition coefficient (Wildman–Crippen LogP) is 10.1. The monoisotopic (exact) mass is 1020 g/mol. The number of ketones is 2. The van der Waals surface area contributed by atoms with Gasteiger partial charge in [0.15, 0.2) is 11.6 Å². The Morgan fingerprint density at radius 2 is 1.13 bits per heavy atom. The molecule has 0 fully saturated rings. The lowest BCUT2D eigenvalue weighted by molar-refractivity contribution is -0.149. The van der Waals surface area contributed by atoms with Crippen molar-refractivity contribution in [1.82, 2.24) is 20.5 Å². The van der Waals surface area contributed by atoms with Gasteiger partial charge in [-0.2, -0.15) is 0 Å². The number of carboxylic acid groups (broad SMARTS) is 1. The first-order valence-corrected chi connectivity index (χ1v) is 22.4. The summed E-state index contributed by atoms with van der Waals surface area (Å²) in [7, 11) is 0. The highest BCUT2D eigenvalue weighted by atomic mass is 35.5. The van der Waals surface area contributed by atoms with E-state index >= 15 is 0 Å². The van der Waals surface area contributed by atoms with E-state index in [1.54, 1.807) is 113 Å². The van der Waals surface area contributed by atoms with Crippen LogP contribution in [0.5, 0.6) is 0 Å². The highest BCUT2D eigenvalue weighted by Crippen LogP contribution is 2.34. The van der Waals surface area contributed by atoms with Crippen LogP contribution in [-0.4, -0.2) is 83.4 Å². The van der Waals surface area contributed by atoms with Crippen LogP contribution in [0.25, 0.3) is 20.7 Å². The van der Waals surface area contributed by atoms with Gasteiger partial charge in [-0.05, 0) is 143 Å². The topological polar surface area (TPSA) is 227 Å². The number of aliphatic carboxylic acids is 1. The summed E-state index contributed by atoms with van der Waals surface area (Å²) < 4.78 is 0. The molecule has 6 rings (SSSR count). The van der Waals surface area contributed by atoms with Gasteiger partial charge in [-0.25, -0.2) is 9.69 Å². The van der Waals surface area contributed by atoms with Gasteiger partial charge in [0.25, 0.3) is 0 Å². The van der Waals surface area contributed by atoms with Crippen molar-refractivity contribution in [2.75, 3.05) is 13.1 Å². The highest BCUT2D eigenvalue weighted by Gasteiger charge is 2.35. The fourth-order valence-corrected chi connectivity index (χ4v) is 7.12. The average Bonchev–Trinajstić information content (AvgIpc) is 3.69. The van der Waals surface area contributed by atoms with Crippen LogP contribution < -0.4 is 11.1 Å². The Labute approximate surface area is 420 Å². The van der Waals surface area contributed by atoms with Gasteiger partial charge in [0.2, 0.25) is 17.3 Å². The van der Waals surface area contributed by atoms with Crippen LogP contribution >= 0.6 is 46.4 Å². The summed E-state index contributed by atoms with van der Waals surface area (Å²) >= 11 is 23.7. The molecular formula is C50H51Cl4N7O8. The number of para-hydroxylation sites is 1. The van der Waals surface area contributed by atoms with Crippen molar-refractivity contribution in [2.45, 2.75) is 65.6 Å². The lowest BCUT2D eigenvalue weighted by atomic mass is 9.83. The molecule has 69 heavy (non-hydrogen) atoms. The molecule has 5 aromatic carbocycles. The number of nitrogens with one attached hydrogen (secondary N) is 1. The van der Waals surface area contributed by atoms with Gasteiger partial charge in [0.1, 0.15) is 11.0 Å². The number of halogens is 4. The van der Waals surface area contributed by atoms with Crippen LogP contribution in [-0.2, 0) is 22.4 Å². The molecule has 0 aliphatic rings. The van der Waals surface area contributed by atoms with Crippen molar-refractivity contribution in [3.63, 3.8) is 0 Å². The molecule has 0 unspecified atom stereocenters. The number of carbonyl (C=O) groups excluding carboxylic acids is 3. The number of carbonyl (C=O) groups is 4. The van der Waals surface area contributed by atoms with Gasteiger partial charge >= 0.3 is 5.97 Å². The van der Waals surface area contributed by atoms with Crippen molar-refractivity contribution in [3.8, 4) is 0 Å². The maximum Gasteiger partial charge on any atom is 0.309 e. The molecule has 1 aromatic heterocycles. The van der Waals surface area contributed by atoms with E-state index in [1.807, 2.05) is 12.1 Å². The van der Waals surface area contributed by atoms with Crippen LogP contribution in [0.15, 0.2) is 97.1 Å². The Hall–Kier alpha value is -6.40. The SMILES string of the molecule is NCC(=O)c1ccc(Cl)cc1.On1nnc2ccccc21.[C-]#[N+]c1ccc(C[C@@H](C(=O)NCC(=O)c2ccc(Cl)cc2)C(C)(C)O)c(C)c1Cl.[C-]#[N+]c1ccc(C[C@@H](C(=O)O)C(C)(C)O)c(C)c1Cl. The lowest BCUT2D eigenvalue weighted by Gasteiger charge is -2.29. The summed E-state index contributed by atoms with van der Waals surface area (Å²) in [5.41, 5.74) is 8.42. The van der Waals surface area contributed by atoms with Crippen molar-refractivity contribution < 1.29 is 39.7 Å². The zero-order valence-corrected chi connectivity index (χ0v) is 41.5. The molecule has 6 aromatic rings. The van der Waals surface area contributed by atoms with Gasteiger partial charge in [0.05, 0.1) is 59.3 Å². The second-order valence-corrected chi connectivity index (χ2v) is 18.1. The third-order valence-corrected chi connectivity index (χ3v) is 12.1. The number of hydrogen-bond acceptors (Lipinski definition) is 10. The van der Waals surface area contributed by atoms with Crippen LogP contribution in [0.2, 0.25) is 20.1 Å². The molecule has 362 valence electrons. The number of fused-ring (bicyclic) bond motifs is 1. The molecule has 0 saturated heterocycles. The van der Waals surface area contributed by atoms with Gasteiger partial charge in [-0.15, -0.1) is 5.10 Å². The molecule has 19 heteroatoms. The smallest absolute Gasteiger partial charge is 0.309 e. The Morgan fingerprint density at radius 3 is 1.54 bits per heavy atom. The van der Waals surface area contributed by atoms with E-state index in [0.29, 0.717) is 64.8 Å². The van der Waals surface area contributed by atoms with E-state index in [1.165, 1.54) is 13.8 Å². The van der Waals surface area contributed by atoms with Crippen molar-refractivity contribution >= 4 is 92.3 Å². The molecular weight excluding hydrogens is 968 g/mol. The van der Waals surface area contributed by atoms with Gasteiger partial charge in [-0.3, -0.25) is 19.2 Å². The van der Waals surface area contributed by atoms with E-state index in [-0.39, 0.29) is 37.5 Å². The van der Waals surface area contributed by atoms with Gasteiger partial charge in [-0.1, -0.05) is 87.6 Å². The second-order valence-electron chi connectivity index (χ2n) is 16.5. The first kappa shape index (κ1) is 56.9. The summed E-state index contributed by atoms with van der Waals surface area (Å²) in [6.07, 6.45) is 0.386. The zero-order chi connectivity index (χ0) is 51.8. The third kappa shape index (κ3) is 16.7. The number of amides is 1. The Balaban J connectivity index is 0.000000267. The number of rotatable bonds is 13. The third-order valence-electron chi connectivity index (χ3n) is 10.6. The molecule has 0 aliphatic carbocycles. The average molecular weight is 1020 g/mol. The van der Waals surface area contributed by atoms with Crippen molar-refractivity contribution in [3.05, 3.63) is 173 Å². The van der Waals surface area contributed by atoms with E-state index in [4.69, 9.17) is 70.5 Å². The van der Waals surface area contributed by atoms with Crippen LogP contribution in [0.4, 0.5) is 11.4 Å². The minimum absolute atomic E-state index is 0.0433. The molecule has 2 atom stereocenters. The largest absolute Gasteiger partial charge is 0.481 e. The summed E-state index contributed by atoms with van der Waals surface area (Å²) in [6.45, 7) is 23.5. The molecule has 0 saturated carbocycles. The Morgan fingerprint density at radius 1 is 0.696 bits per heavy atom. The first-order chi connectivity index (χ1) is 32.3. The number of aliphatic hydroxyl groups is 2. The Kier molecular flexibility index (Phi) is 21.3. The van der Waals surface area contributed by atoms with Crippen molar-refractivity contribution in [1.29, 1.82) is 0 Å². The van der Waals surface area contributed by atoms with Crippen LogP contribution in [0.3, 0.4) is 0 Å². The number of nitrogens with zero attached hydrogens (tertiary/aromatic N) is 5. The summed E-state index contributed by atoms with van der Waals surface area (Å²) in [6, 6.07) is 26.9. The quantitative estimate of drug-likeness (QED) is 0.0362. The molecule has 0 aliphatic heterocycles. The fourth-order valence-electron chi connectivity index (χ4n) is 6.42.